The van der Waals surface area contributed by atoms with E-state index in [1.807, 2.05) is 0 Å². The van der Waals surface area contributed by atoms with E-state index in [-0.39, 0.29) is 35.7 Å². The van der Waals surface area contributed by atoms with E-state index >= 15 is 0 Å². The Hall–Kier alpha value is -2.43. The summed E-state index contributed by atoms with van der Waals surface area (Å²) in [5.41, 5.74) is -0.417. The van der Waals surface area contributed by atoms with Crippen molar-refractivity contribution >= 4 is 15.9 Å². The summed E-state index contributed by atoms with van der Waals surface area (Å²) in [4.78, 5) is 12.4. The zero-order valence-corrected chi connectivity index (χ0v) is 16.1. The molecule has 10 heteroatoms. The monoisotopic (exact) mass is 428 g/mol. The number of ether oxygens (including phenoxy) is 1. The second-order valence-corrected chi connectivity index (χ2v) is 8.36. The summed E-state index contributed by atoms with van der Waals surface area (Å²) in [6, 6.07) is 10.2. The van der Waals surface area contributed by atoms with Crippen LogP contribution in [-0.2, 0) is 27.5 Å². The summed E-state index contributed by atoms with van der Waals surface area (Å²) in [5.74, 6) is -0.582. The van der Waals surface area contributed by atoms with Crippen LogP contribution in [0.4, 0.5) is 13.2 Å². The molecule has 3 rings (SSSR count). The van der Waals surface area contributed by atoms with Crippen molar-refractivity contribution < 1.29 is 31.1 Å². The average molecular weight is 428 g/mol. The average Bonchev–Trinajstić information content (AvgIpc) is 2.72. The fourth-order valence-electron chi connectivity index (χ4n) is 2.88. The van der Waals surface area contributed by atoms with Gasteiger partial charge in [-0.3, -0.25) is 4.79 Å². The number of hydrogen-bond acceptors (Lipinski definition) is 4. The van der Waals surface area contributed by atoms with Gasteiger partial charge in [-0.2, -0.15) is 17.5 Å². The fourth-order valence-corrected chi connectivity index (χ4v) is 4.33. The minimum absolute atomic E-state index is 0.0221. The number of benzene rings is 2. The molecule has 2 aromatic carbocycles. The number of sulfonamides is 1. The number of halogens is 3. The largest absolute Gasteiger partial charge is 0.416 e. The molecule has 0 unspecified atom stereocenters. The summed E-state index contributed by atoms with van der Waals surface area (Å²) in [6.07, 6.45) is -4.47. The Morgan fingerprint density at radius 3 is 2.45 bits per heavy atom. The van der Waals surface area contributed by atoms with E-state index in [2.05, 4.69) is 5.32 Å². The smallest absolute Gasteiger partial charge is 0.379 e. The molecule has 29 heavy (non-hydrogen) atoms. The topological polar surface area (TPSA) is 75.7 Å². The quantitative estimate of drug-likeness (QED) is 0.795. The lowest BCUT2D eigenvalue weighted by atomic mass is 10.1. The summed E-state index contributed by atoms with van der Waals surface area (Å²) in [5, 5.41) is 2.52. The molecular weight excluding hydrogens is 409 g/mol. The Morgan fingerprint density at radius 1 is 1.07 bits per heavy atom. The number of morpholine rings is 1. The first-order chi connectivity index (χ1) is 13.7. The van der Waals surface area contributed by atoms with Gasteiger partial charge < -0.3 is 10.1 Å². The fraction of sp³-hybridized carbons (Fsp3) is 0.316. The van der Waals surface area contributed by atoms with Crippen molar-refractivity contribution in [2.75, 3.05) is 26.3 Å². The third-order valence-corrected chi connectivity index (χ3v) is 6.31. The van der Waals surface area contributed by atoms with Crippen molar-refractivity contribution in [2.24, 2.45) is 0 Å². The van der Waals surface area contributed by atoms with Gasteiger partial charge in [-0.05, 0) is 35.9 Å². The van der Waals surface area contributed by atoms with Crippen LogP contribution in [0.5, 0.6) is 0 Å². The number of alkyl halides is 3. The molecule has 2 aromatic rings. The van der Waals surface area contributed by atoms with Gasteiger partial charge >= 0.3 is 6.18 Å². The Labute approximate surface area is 166 Å². The molecule has 6 nitrogen and oxygen atoms in total. The van der Waals surface area contributed by atoms with Crippen LogP contribution >= 0.6 is 0 Å². The van der Waals surface area contributed by atoms with Crippen molar-refractivity contribution in [1.29, 1.82) is 0 Å². The second kappa shape index (κ2) is 8.52. The van der Waals surface area contributed by atoms with Gasteiger partial charge in [0.05, 0.1) is 23.7 Å². The molecule has 0 saturated carbocycles. The van der Waals surface area contributed by atoms with Crippen molar-refractivity contribution in [2.45, 2.75) is 17.6 Å². The molecule has 0 radical (unpaired) electrons. The Morgan fingerprint density at radius 2 is 1.76 bits per heavy atom. The van der Waals surface area contributed by atoms with E-state index in [1.165, 1.54) is 40.7 Å². The first kappa shape index (κ1) is 21.3. The third-order valence-electron chi connectivity index (χ3n) is 4.41. The summed E-state index contributed by atoms with van der Waals surface area (Å²) < 4.78 is 70.2. The van der Waals surface area contributed by atoms with Crippen LogP contribution in [0.25, 0.3) is 0 Å². The highest BCUT2D eigenvalue weighted by Crippen LogP contribution is 2.29. The zero-order chi connectivity index (χ0) is 21.1. The number of rotatable bonds is 5. The molecule has 1 heterocycles. The number of hydrogen-bond donors (Lipinski definition) is 1. The number of nitrogens with one attached hydrogen (secondary N) is 1. The number of carbonyl (C=O) groups excluding carboxylic acids is 1. The highest BCUT2D eigenvalue weighted by atomic mass is 32.2. The maximum absolute atomic E-state index is 12.8. The molecule has 0 aromatic heterocycles. The second-order valence-electron chi connectivity index (χ2n) is 6.43. The predicted molar refractivity (Wildman–Crippen MR) is 98.6 cm³/mol. The van der Waals surface area contributed by atoms with Gasteiger partial charge in [0, 0.05) is 25.2 Å². The normalized spacial score (nSPS) is 15.8. The maximum atomic E-state index is 12.8. The lowest BCUT2D eigenvalue weighted by molar-refractivity contribution is -0.137. The molecule has 0 aliphatic carbocycles. The summed E-state index contributed by atoms with van der Waals surface area (Å²) >= 11 is 0. The van der Waals surface area contributed by atoms with Crippen LogP contribution in [-0.4, -0.2) is 44.9 Å². The van der Waals surface area contributed by atoms with E-state index in [0.717, 1.165) is 12.1 Å². The van der Waals surface area contributed by atoms with Crippen LogP contribution in [0.3, 0.4) is 0 Å². The first-order valence-corrected chi connectivity index (χ1v) is 10.2. The van der Waals surface area contributed by atoms with Gasteiger partial charge in [-0.25, -0.2) is 8.42 Å². The minimum atomic E-state index is -4.47. The SMILES string of the molecule is O=C(NCc1cccc(C(F)(F)F)c1)c1cccc(S(=O)(=O)N2CCOCC2)c1. The molecular formula is C19H19F3N2O4S. The van der Waals surface area contributed by atoms with Gasteiger partial charge in [-0.1, -0.05) is 18.2 Å². The highest BCUT2D eigenvalue weighted by Gasteiger charge is 2.30. The lowest BCUT2D eigenvalue weighted by Gasteiger charge is -2.26. The Balaban J connectivity index is 1.71. The van der Waals surface area contributed by atoms with Crippen molar-refractivity contribution in [3.63, 3.8) is 0 Å². The van der Waals surface area contributed by atoms with Crippen molar-refractivity contribution in [3.8, 4) is 0 Å². The molecule has 1 aliphatic rings. The van der Waals surface area contributed by atoms with Crippen LogP contribution in [0.15, 0.2) is 53.4 Å². The van der Waals surface area contributed by atoms with E-state index in [4.69, 9.17) is 4.74 Å². The number of amides is 1. The molecule has 1 fully saturated rings. The van der Waals surface area contributed by atoms with E-state index < -0.39 is 27.7 Å². The van der Waals surface area contributed by atoms with Gasteiger partial charge in [0.15, 0.2) is 0 Å². The molecule has 1 amide bonds. The minimum Gasteiger partial charge on any atom is -0.379 e. The van der Waals surface area contributed by atoms with Gasteiger partial charge in [-0.15, -0.1) is 0 Å². The van der Waals surface area contributed by atoms with Crippen molar-refractivity contribution in [3.05, 3.63) is 65.2 Å². The first-order valence-electron chi connectivity index (χ1n) is 8.80. The number of carbonyl (C=O) groups is 1. The predicted octanol–water partition coefficient (Wildman–Crippen LogP) is 2.66. The summed E-state index contributed by atoms with van der Waals surface area (Å²) in [7, 11) is -3.76. The molecule has 1 N–H and O–H groups in total. The molecule has 0 bridgehead atoms. The Bertz CT molecular complexity index is 987. The van der Waals surface area contributed by atoms with Gasteiger partial charge in [0.25, 0.3) is 5.91 Å². The molecule has 1 saturated heterocycles. The Kier molecular flexibility index (Phi) is 6.25. The third kappa shape index (κ3) is 5.14. The molecule has 1 aliphatic heterocycles. The summed E-state index contributed by atoms with van der Waals surface area (Å²) in [6.45, 7) is 0.943. The maximum Gasteiger partial charge on any atom is 0.416 e. The molecule has 0 atom stereocenters. The van der Waals surface area contributed by atoms with Crippen LogP contribution in [0.1, 0.15) is 21.5 Å². The van der Waals surface area contributed by atoms with E-state index in [9.17, 15) is 26.4 Å². The lowest BCUT2D eigenvalue weighted by Crippen LogP contribution is -2.40. The molecule has 156 valence electrons. The van der Waals surface area contributed by atoms with E-state index in [0.29, 0.717) is 13.2 Å². The standard InChI is InChI=1S/C19H19F3N2O4S/c20-19(21,22)16-5-1-3-14(11-16)13-23-18(25)15-4-2-6-17(12-15)29(26,27)24-7-9-28-10-8-24/h1-6,11-12H,7-10,13H2,(H,23,25). The van der Waals surface area contributed by atoms with E-state index in [1.54, 1.807) is 0 Å². The zero-order valence-electron chi connectivity index (χ0n) is 15.3. The van der Waals surface area contributed by atoms with Crippen LogP contribution < -0.4 is 5.32 Å². The molecule has 0 spiro atoms. The highest BCUT2D eigenvalue weighted by molar-refractivity contribution is 7.89. The van der Waals surface area contributed by atoms with Gasteiger partial charge in [0.2, 0.25) is 10.0 Å². The van der Waals surface area contributed by atoms with Crippen LogP contribution in [0, 0.1) is 0 Å². The van der Waals surface area contributed by atoms with Gasteiger partial charge in [0.1, 0.15) is 0 Å². The number of nitrogens with zero attached hydrogens (tertiary/aromatic N) is 1. The van der Waals surface area contributed by atoms with Crippen LogP contribution in [0.2, 0.25) is 0 Å². The van der Waals surface area contributed by atoms with Crippen molar-refractivity contribution in [1.82, 2.24) is 9.62 Å².